The lowest BCUT2D eigenvalue weighted by Crippen LogP contribution is -2.34. The quantitative estimate of drug-likeness (QED) is 0.852. The molecule has 0 aromatic heterocycles. The van der Waals surface area contributed by atoms with Gasteiger partial charge in [0, 0.05) is 27.7 Å². The number of halogens is 1. The van der Waals surface area contributed by atoms with Crippen LogP contribution in [0.3, 0.4) is 0 Å². The number of hydrogen-bond donors (Lipinski definition) is 1. The molecule has 0 aliphatic heterocycles. The number of nitrogens with one attached hydrogen (secondary N) is 1. The SMILES string of the molecule is CNCc1ccc(N(C)CC(=O)N(C)C)c(F)c1. The van der Waals surface area contributed by atoms with E-state index in [4.69, 9.17) is 0 Å². The first-order valence-electron chi connectivity index (χ1n) is 5.80. The molecule has 4 nitrogen and oxygen atoms in total. The van der Waals surface area contributed by atoms with Gasteiger partial charge < -0.3 is 15.1 Å². The first-order valence-corrected chi connectivity index (χ1v) is 5.80. The third-order valence-electron chi connectivity index (χ3n) is 2.68. The molecule has 0 spiro atoms. The van der Waals surface area contributed by atoms with Gasteiger partial charge in [-0.05, 0) is 24.7 Å². The van der Waals surface area contributed by atoms with E-state index in [0.29, 0.717) is 12.2 Å². The number of hydrogen-bond acceptors (Lipinski definition) is 3. The number of benzene rings is 1. The van der Waals surface area contributed by atoms with E-state index in [2.05, 4.69) is 5.32 Å². The second-order valence-corrected chi connectivity index (χ2v) is 4.46. The summed E-state index contributed by atoms with van der Waals surface area (Å²) in [6.45, 7) is 0.785. The smallest absolute Gasteiger partial charge is 0.241 e. The molecule has 1 rings (SSSR count). The molecule has 1 N–H and O–H groups in total. The van der Waals surface area contributed by atoms with Crippen LogP contribution in [0.25, 0.3) is 0 Å². The second-order valence-electron chi connectivity index (χ2n) is 4.46. The predicted molar refractivity (Wildman–Crippen MR) is 71.1 cm³/mol. The molecule has 1 aromatic rings. The highest BCUT2D eigenvalue weighted by molar-refractivity contribution is 5.80. The van der Waals surface area contributed by atoms with Gasteiger partial charge in [0.05, 0.1) is 12.2 Å². The molecule has 1 amide bonds. The van der Waals surface area contributed by atoms with Crippen LogP contribution in [0.2, 0.25) is 0 Å². The molecule has 0 aliphatic rings. The molecular weight excluding hydrogens is 233 g/mol. The Morgan fingerprint density at radius 3 is 2.50 bits per heavy atom. The molecule has 0 saturated carbocycles. The van der Waals surface area contributed by atoms with E-state index in [1.54, 1.807) is 32.1 Å². The fraction of sp³-hybridized carbons (Fsp3) is 0.462. The first-order chi connectivity index (χ1) is 8.45. The Kier molecular flexibility index (Phi) is 5.09. The van der Waals surface area contributed by atoms with Crippen molar-refractivity contribution in [3.8, 4) is 0 Å². The lowest BCUT2D eigenvalue weighted by atomic mass is 10.2. The average molecular weight is 253 g/mol. The molecular formula is C13H20FN3O. The van der Waals surface area contributed by atoms with Gasteiger partial charge >= 0.3 is 0 Å². The molecule has 0 fully saturated rings. The van der Waals surface area contributed by atoms with Crippen LogP contribution in [0.5, 0.6) is 0 Å². The summed E-state index contributed by atoms with van der Waals surface area (Å²) in [5.74, 6) is -0.368. The van der Waals surface area contributed by atoms with Gasteiger partial charge in [-0.2, -0.15) is 0 Å². The van der Waals surface area contributed by atoms with E-state index < -0.39 is 0 Å². The van der Waals surface area contributed by atoms with Gasteiger partial charge in [-0.25, -0.2) is 4.39 Å². The number of carbonyl (C=O) groups excluding carboxylic acids is 1. The van der Waals surface area contributed by atoms with Crippen molar-refractivity contribution >= 4 is 11.6 Å². The van der Waals surface area contributed by atoms with E-state index in [1.807, 2.05) is 13.1 Å². The van der Waals surface area contributed by atoms with Crippen molar-refractivity contribution in [2.45, 2.75) is 6.54 Å². The van der Waals surface area contributed by atoms with Gasteiger partial charge in [0.25, 0.3) is 0 Å². The van der Waals surface area contributed by atoms with E-state index in [9.17, 15) is 9.18 Å². The number of nitrogens with zero attached hydrogens (tertiary/aromatic N) is 2. The van der Waals surface area contributed by atoms with Crippen LogP contribution in [0.15, 0.2) is 18.2 Å². The second kappa shape index (κ2) is 6.35. The van der Waals surface area contributed by atoms with E-state index in [0.717, 1.165) is 5.56 Å². The minimum Gasteiger partial charge on any atom is -0.363 e. The highest BCUT2D eigenvalue weighted by Gasteiger charge is 2.12. The summed E-state index contributed by atoms with van der Waals surface area (Å²) < 4.78 is 13.9. The van der Waals surface area contributed by atoms with Gasteiger partial charge in [0.2, 0.25) is 5.91 Å². The van der Waals surface area contributed by atoms with Gasteiger partial charge in [-0.15, -0.1) is 0 Å². The Hall–Kier alpha value is -1.62. The minimum absolute atomic E-state index is 0.0591. The molecule has 0 aliphatic carbocycles. The molecule has 0 saturated heterocycles. The van der Waals surface area contributed by atoms with E-state index in [-0.39, 0.29) is 18.3 Å². The Bertz CT molecular complexity index is 421. The summed E-state index contributed by atoms with van der Waals surface area (Å²) in [5.41, 5.74) is 1.32. The average Bonchev–Trinajstić information content (AvgIpc) is 2.29. The Morgan fingerprint density at radius 1 is 1.33 bits per heavy atom. The molecule has 100 valence electrons. The fourth-order valence-corrected chi connectivity index (χ4v) is 1.60. The number of amides is 1. The first kappa shape index (κ1) is 14.4. The van der Waals surface area contributed by atoms with Crippen molar-refractivity contribution in [2.24, 2.45) is 0 Å². The van der Waals surface area contributed by atoms with E-state index in [1.165, 1.54) is 11.0 Å². The maximum atomic E-state index is 13.9. The topological polar surface area (TPSA) is 35.6 Å². The summed E-state index contributed by atoms with van der Waals surface area (Å²) >= 11 is 0. The van der Waals surface area contributed by atoms with Crippen molar-refractivity contribution in [2.75, 3.05) is 39.6 Å². The lowest BCUT2D eigenvalue weighted by molar-refractivity contribution is -0.127. The normalized spacial score (nSPS) is 10.3. The van der Waals surface area contributed by atoms with Crippen LogP contribution in [-0.2, 0) is 11.3 Å². The Balaban J connectivity index is 2.80. The van der Waals surface area contributed by atoms with Crippen molar-refractivity contribution in [1.82, 2.24) is 10.2 Å². The zero-order valence-corrected chi connectivity index (χ0v) is 11.3. The molecule has 0 heterocycles. The standard InChI is InChI=1S/C13H20FN3O/c1-15-8-10-5-6-12(11(14)7-10)17(4)9-13(18)16(2)3/h5-7,15H,8-9H2,1-4H3. The molecule has 0 bridgehead atoms. The molecule has 0 atom stereocenters. The van der Waals surface area contributed by atoms with Gasteiger partial charge in [0.15, 0.2) is 0 Å². The third-order valence-corrected chi connectivity index (χ3v) is 2.68. The summed E-state index contributed by atoms with van der Waals surface area (Å²) in [4.78, 5) is 14.7. The highest BCUT2D eigenvalue weighted by atomic mass is 19.1. The van der Waals surface area contributed by atoms with Crippen LogP contribution in [0, 0.1) is 5.82 Å². The van der Waals surface area contributed by atoms with Crippen LogP contribution in [0.1, 0.15) is 5.56 Å². The number of likely N-dealkylation sites (N-methyl/N-ethyl adjacent to an activating group) is 2. The lowest BCUT2D eigenvalue weighted by Gasteiger charge is -2.21. The zero-order chi connectivity index (χ0) is 13.7. The Morgan fingerprint density at radius 2 is 2.00 bits per heavy atom. The monoisotopic (exact) mass is 253 g/mol. The summed E-state index contributed by atoms with van der Waals surface area (Å²) in [5, 5.41) is 2.97. The van der Waals surface area contributed by atoms with Gasteiger partial charge in [-0.3, -0.25) is 4.79 Å². The van der Waals surface area contributed by atoms with Crippen molar-refractivity contribution < 1.29 is 9.18 Å². The van der Waals surface area contributed by atoms with Crippen molar-refractivity contribution in [3.63, 3.8) is 0 Å². The van der Waals surface area contributed by atoms with Gasteiger partial charge in [0.1, 0.15) is 5.82 Å². The number of carbonyl (C=O) groups is 1. The van der Waals surface area contributed by atoms with Crippen molar-refractivity contribution in [3.05, 3.63) is 29.6 Å². The highest BCUT2D eigenvalue weighted by Crippen LogP contribution is 2.19. The molecule has 0 radical (unpaired) electrons. The minimum atomic E-state index is -0.309. The molecule has 0 unspecified atom stereocenters. The number of anilines is 1. The maximum Gasteiger partial charge on any atom is 0.241 e. The largest absolute Gasteiger partial charge is 0.363 e. The molecule has 1 aromatic carbocycles. The van der Waals surface area contributed by atoms with Crippen LogP contribution in [0.4, 0.5) is 10.1 Å². The van der Waals surface area contributed by atoms with Gasteiger partial charge in [-0.1, -0.05) is 6.07 Å². The molecule has 18 heavy (non-hydrogen) atoms. The Labute approximate surface area is 107 Å². The molecule has 5 heteroatoms. The fourth-order valence-electron chi connectivity index (χ4n) is 1.60. The summed E-state index contributed by atoms with van der Waals surface area (Å²) in [7, 11) is 6.89. The van der Waals surface area contributed by atoms with Crippen LogP contribution < -0.4 is 10.2 Å². The summed E-state index contributed by atoms with van der Waals surface area (Å²) in [6, 6.07) is 5.04. The van der Waals surface area contributed by atoms with Crippen molar-refractivity contribution in [1.29, 1.82) is 0 Å². The predicted octanol–water partition coefficient (Wildman–Crippen LogP) is 1.07. The number of rotatable bonds is 5. The van der Waals surface area contributed by atoms with E-state index >= 15 is 0 Å². The maximum absolute atomic E-state index is 13.9. The zero-order valence-electron chi connectivity index (χ0n) is 11.3. The third kappa shape index (κ3) is 3.70. The summed E-state index contributed by atoms with van der Waals surface area (Å²) in [6.07, 6.45) is 0. The van der Waals surface area contributed by atoms with Crippen LogP contribution >= 0.6 is 0 Å². The van der Waals surface area contributed by atoms with Crippen LogP contribution in [-0.4, -0.2) is 45.5 Å².